The largest absolute Gasteiger partial charge is 0.0871 e. The Morgan fingerprint density at radius 2 is 1.29 bits per heavy atom. The fraction of sp³-hybridized carbons (Fsp3) is 0.0833. The standard InChI is InChI=1S/C24H22/c1-3-11-19(4-2)21-14-10-15-22(18-21)24-17-9-8-16-23(24)20-12-6-5-7-13-20/h3-18H,1-2H3/b11-3-,19-4+. The van der Waals surface area contributed by atoms with Gasteiger partial charge in [0, 0.05) is 0 Å². The molecule has 0 aliphatic rings. The third-order valence-corrected chi connectivity index (χ3v) is 4.18. The van der Waals surface area contributed by atoms with E-state index in [2.05, 4.69) is 111 Å². The lowest BCUT2D eigenvalue weighted by Gasteiger charge is -2.12. The number of rotatable bonds is 4. The van der Waals surface area contributed by atoms with Gasteiger partial charge in [-0.3, -0.25) is 0 Å². The highest BCUT2D eigenvalue weighted by atomic mass is 14.1. The molecule has 3 rings (SSSR count). The summed E-state index contributed by atoms with van der Waals surface area (Å²) in [5, 5.41) is 0. The molecular weight excluding hydrogens is 288 g/mol. The highest BCUT2D eigenvalue weighted by Gasteiger charge is 2.07. The van der Waals surface area contributed by atoms with Crippen molar-refractivity contribution in [2.24, 2.45) is 0 Å². The lowest BCUT2D eigenvalue weighted by molar-refractivity contribution is 1.55. The molecule has 0 fully saturated rings. The van der Waals surface area contributed by atoms with Crippen LogP contribution in [0, 0.1) is 0 Å². The maximum atomic E-state index is 2.27. The summed E-state index contributed by atoms with van der Waals surface area (Å²) in [5.74, 6) is 0. The maximum Gasteiger partial charge on any atom is -0.0105 e. The predicted octanol–water partition coefficient (Wildman–Crippen LogP) is 7.00. The van der Waals surface area contributed by atoms with E-state index in [1.165, 1.54) is 33.4 Å². The summed E-state index contributed by atoms with van der Waals surface area (Å²) in [5.41, 5.74) is 7.52. The van der Waals surface area contributed by atoms with Crippen LogP contribution in [0.4, 0.5) is 0 Å². The Balaban J connectivity index is 2.11. The lowest BCUT2D eigenvalue weighted by atomic mass is 9.92. The second-order valence-corrected chi connectivity index (χ2v) is 5.74. The van der Waals surface area contributed by atoms with E-state index in [1.54, 1.807) is 0 Å². The molecule has 0 N–H and O–H groups in total. The molecule has 0 aliphatic carbocycles. The molecule has 3 aromatic carbocycles. The first-order chi connectivity index (χ1) is 11.8. The fourth-order valence-electron chi connectivity index (χ4n) is 3.01. The van der Waals surface area contributed by atoms with E-state index in [0.717, 1.165) is 0 Å². The molecule has 0 unspecified atom stereocenters. The summed E-state index contributed by atoms with van der Waals surface area (Å²) in [4.78, 5) is 0. The second-order valence-electron chi connectivity index (χ2n) is 5.74. The summed E-state index contributed by atoms with van der Waals surface area (Å²) in [6.45, 7) is 4.14. The molecule has 0 heterocycles. The molecule has 0 saturated heterocycles. The Hall–Kier alpha value is -2.86. The Morgan fingerprint density at radius 3 is 1.96 bits per heavy atom. The van der Waals surface area contributed by atoms with Gasteiger partial charge >= 0.3 is 0 Å². The van der Waals surface area contributed by atoms with E-state index < -0.39 is 0 Å². The van der Waals surface area contributed by atoms with Gasteiger partial charge in [-0.25, -0.2) is 0 Å². The van der Waals surface area contributed by atoms with Gasteiger partial charge in [0.15, 0.2) is 0 Å². The van der Waals surface area contributed by atoms with Crippen molar-refractivity contribution in [2.45, 2.75) is 13.8 Å². The Labute approximate surface area is 144 Å². The molecule has 0 saturated carbocycles. The van der Waals surface area contributed by atoms with Crippen LogP contribution >= 0.6 is 0 Å². The van der Waals surface area contributed by atoms with Gasteiger partial charge in [-0.1, -0.05) is 91.0 Å². The number of allylic oxidation sites excluding steroid dienone is 4. The molecule has 3 aromatic rings. The first-order valence-electron chi connectivity index (χ1n) is 8.37. The van der Waals surface area contributed by atoms with Crippen molar-refractivity contribution in [3.8, 4) is 22.3 Å². The van der Waals surface area contributed by atoms with Crippen LogP contribution in [0.3, 0.4) is 0 Å². The van der Waals surface area contributed by atoms with Crippen LogP contribution in [0.15, 0.2) is 97.1 Å². The van der Waals surface area contributed by atoms with Crippen LogP contribution in [-0.4, -0.2) is 0 Å². The summed E-state index contributed by atoms with van der Waals surface area (Å²) >= 11 is 0. The van der Waals surface area contributed by atoms with Gasteiger partial charge in [0.25, 0.3) is 0 Å². The molecular formula is C24H22. The minimum Gasteiger partial charge on any atom is -0.0871 e. The van der Waals surface area contributed by atoms with Crippen molar-refractivity contribution in [1.29, 1.82) is 0 Å². The summed E-state index contributed by atoms with van der Waals surface area (Å²) < 4.78 is 0. The minimum absolute atomic E-state index is 1.25. The summed E-state index contributed by atoms with van der Waals surface area (Å²) in [7, 11) is 0. The van der Waals surface area contributed by atoms with Crippen LogP contribution in [0.5, 0.6) is 0 Å². The van der Waals surface area contributed by atoms with Gasteiger partial charge in [0.05, 0.1) is 0 Å². The zero-order valence-corrected chi connectivity index (χ0v) is 14.2. The van der Waals surface area contributed by atoms with Crippen LogP contribution in [0.25, 0.3) is 27.8 Å². The van der Waals surface area contributed by atoms with Crippen molar-refractivity contribution in [1.82, 2.24) is 0 Å². The average molecular weight is 310 g/mol. The number of hydrogen-bond donors (Lipinski definition) is 0. The van der Waals surface area contributed by atoms with E-state index in [-0.39, 0.29) is 0 Å². The van der Waals surface area contributed by atoms with Gasteiger partial charge in [0.2, 0.25) is 0 Å². The zero-order chi connectivity index (χ0) is 16.8. The predicted molar refractivity (Wildman–Crippen MR) is 106 cm³/mol. The SMILES string of the molecule is C/C=C\C(=C/C)c1cccc(-c2ccccc2-c2ccccc2)c1. The van der Waals surface area contributed by atoms with Gasteiger partial charge < -0.3 is 0 Å². The molecule has 0 atom stereocenters. The van der Waals surface area contributed by atoms with Gasteiger partial charge in [-0.15, -0.1) is 0 Å². The van der Waals surface area contributed by atoms with Crippen molar-refractivity contribution in [3.05, 3.63) is 103 Å². The molecule has 0 aromatic heterocycles. The molecule has 0 aliphatic heterocycles. The average Bonchev–Trinajstić information content (AvgIpc) is 2.67. The number of hydrogen-bond acceptors (Lipinski definition) is 0. The lowest BCUT2D eigenvalue weighted by Crippen LogP contribution is -1.87. The first kappa shape index (κ1) is 16.0. The van der Waals surface area contributed by atoms with Crippen molar-refractivity contribution < 1.29 is 0 Å². The Kier molecular flexibility index (Phi) is 5.08. The van der Waals surface area contributed by atoms with Gasteiger partial charge in [-0.2, -0.15) is 0 Å². The monoisotopic (exact) mass is 310 g/mol. The normalized spacial score (nSPS) is 11.8. The van der Waals surface area contributed by atoms with E-state index >= 15 is 0 Å². The van der Waals surface area contributed by atoms with Crippen LogP contribution < -0.4 is 0 Å². The zero-order valence-electron chi connectivity index (χ0n) is 14.2. The van der Waals surface area contributed by atoms with E-state index in [4.69, 9.17) is 0 Å². The third kappa shape index (κ3) is 3.38. The minimum atomic E-state index is 1.25. The Morgan fingerprint density at radius 1 is 0.667 bits per heavy atom. The maximum absolute atomic E-state index is 2.27. The summed E-state index contributed by atoms with van der Waals surface area (Å²) in [6, 6.07) is 28.0. The highest BCUT2D eigenvalue weighted by molar-refractivity contribution is 5.85. The van der Waals surface area contributed by atoms with E-state index in [1.807, 2.05) is 0 Å². The second kappa shape index (κ2) is 7.61. The Bertz CT molecular complexity index is 867. The molecule has 0 spiro atoms. The molecule has 0 nitrogen and oxygen atoms in total. The first-order valence-corrected chi connectivity index (χ1v) is 8.37. The molecule has 24 heavy (non-hydrogen) atoms. The molecule has 0 amide bonds. The highest BCUT2D eigenvalue weighted by Crippen LogP contribution is 2.33. The fourth-order valence-corrected chi connectivity index (χ4v) is 3.01. The van der Waals surface area contributed by atoms with E-state index in [9.17, 15) is 0 Å². The van der Waals surface area contributed by atoms with Gasteiger partial charge in [-0.05, 0) is 53.3 Å². The van der Waals surface area contributed by atoms with Crippen molar-refractivity contribution in [3.63, 3.8) is 0 Å². The van der Waals surface area contributed by atoms with E-state index in [0.29, 0.717) is 0 Å². The smallest absolute Gasteiger partial charge is 0.0105 e. The molecule has 118 valence electrons. The molecule has 0 radical (unpaired) electrons. The topological polar surface area (TPSA) is 0 Å². The van der Waals surface area contributed by atoms with Gasteiger partial charge in [0.1, 0.15) is 0 Å². The quantitative estimate of drug-likeness (QED) is 0.455. The molecule has 0 heteroatoms. The van der Waals surface area contributed by atoms with Crippen LogP contribution in [0.1, 0.15) is 19.4 Å². The van der Waals surface area contributed by atoms with Crippen LogP contribution in [0.2, 0.25) is 0 Å². The summed E-state index contributed by atoms with van der Waals surface area (Å²) in [6.07, 6.45) is 6.39. The third-order valence-electron chi connectivity index (χ3n) is 4.18. The van der Waals surface area contributed by atoms with Crippen LogP contribution in [-0.2, 0) is 0 Å². The molecule has 0 bridgehead atoms. The van der Waals surface area contributed by atoms with Crippen molar-refractivity contribution >= 4 is 5.57 Å². The van der Waals surface area contributed by atoms with Crippen molar-refractivity contribution in [2.75, 3.05) is 0 Å². The number of benzene rings is 3.